The third-order valence-corrected chi connectivity index (χ3v) is 14.4. The smallest absolute Gasteiger partial charge is 0.246 e. The van der Waals surface area contributed by atoms with Gasteiger partial charge in [-0.05, 0) is 15.6 Å². The van der Waals surface area contributed by atoms with Gasteiger partial charge in [-0.25, -0.2) is 4.98 Å². The van der Waals surface area contributed by atoms with Crippen molar-refractivity contribution in [3.63, 3.8) is 0 Å². The van der Waals surface area contributed by atoms with Crippen molar-refractivity contribution >= 4 is 37.8 Å². The largest absolute Gasteiger partial charge is 0.398 e. The minimum absolute atomic E-state index is 0.958. The van der Waals surface area contributed by atoms with Gasteiger partial charge >= 0.3 is 0 Å². The van der Waals surface area contributed by atoms with Gasteiger partial charge in [0.2, 0.25) is 8.24 Å². The Morgan fingerprint density at radius 1 is 0.600 bits per heavy atom. The number of anilines is 1. The van der Waals surface area contributed by atoms with Crippen LogP contribution in [0.1, 0.15) is 0 Å². The van der Waals surface area contributed by atoms with Crippen LogP contribution in [-0.2, 0) is 0 Å². The van der Waals surface area contributed by atoms with E-state index in [4.69, 9.17) is 4.98 Å². The first kappa shape index (κ1) is 20.3. The molecule has 0 aliphatic heterocycles. The second kappa shape index (κ2) is 8.38. The molecule has 0 aliphatic rings. The molecule has 0 radical (unpaired) electrons. The average molecular weight is 426 g/mol. The molecule has 0 bridgehead atoms. The highest BCUT2D eigenvalue weighted by molar-refractivity contribution is 7.20. The lowest BCUT2D eigenvalue weighted by Gasteiger charge is -2.50. The molecule has 0 unspecified atom stereocenters. The van der Waals surface area contributed by atoms with Gasteiger partial charge in [-0.2, -0.15) is 0 Å². The van der Waals surface area contributed by atoms with Crippen molar-refractivity contribution in [3.05, 3.63) is 110 Å². The van der Waals surface area contributed by atoms with Gasteiger partial charge in [0.25, 0.3) is 0 Å². The molecular formula is C25H27N3Si2. The van der Waals surface area contributed by atoms with Crippen molar-refractivity contribution < 1.29 is 0 Å². The van der Waals surface area contributed by atoms with Gasteiger partial charge in [0.15, 0.2) is 0 Å². The molecule has 3 nitrogen and oxygen atoms in total. The Labute approximate surface area is 181 Å². The van der Waals surface area contributed by atoms with Crippen LogP contribution in [0.4, 0.5) is 5.82 Å². The monoisotopic (exact) mass is 425 g/mol. The summed E-state index contributed by atoms with van der Waals surface area (Å²) in [6.45, 7) is 7.20. The quantitative estimate of drug-likeness (QED) is 0.348. The van der Waals surface area contributed by atoms with Gasteiger partial charge < -0.3 is 4.23 Å². The molecule has 0 saturated heterocycles. The van der Waals surface area contributed by atoms with Crippen molar-refractivity contribution in [3.8, 4) is 0 Å². The number of benzene rings is 3. The van der Waals surface area contributed by atoms with Crippen molar-refractivity contribution in [1.82, 2.24) is 9.97 Å². The molecular weight excluding hydrogens is 398 g/mol. The molecule has 0 atom stereocenters. The Morgan fingerprint density at radius 3 is 1.37 bits per heavy atom. The highest BCUT2D eigenvalue weighted by atomic mass is 28.4. The molecule has 0 aliphatic carbocycles. The van der Waals surface area contributed by atoms with Crippen LogP contribution < -0.4 is 19.8 Å². The van der Waals surface area contributed by atoms with E-state index < -0.39 is 16.5 Å². The summed E-state index contributed by atoms with van der Waals surface area (Å²) < 4.78 is 2.67. The van der Waals surface area contributed by atoms with E-state index in [9.17, 15) is 0 Å². The summed E-state index contributed by atoms with van der Waals surface area (Å²) in [6.07, 6.45) is 5.49. The lowest BCUT2D eigenvalue weighted by Crippen LogP contribution is -2.82. The van der Waals surface area contributed by atoms with Gasteiger partial charge in [0.1, 0.15) is 14.1 Å². The normalized spacial score (nSPS) is 11.8. The predicted octanol–water partition coefficient (Wildman–Crippen LogP) is 3.79. The number of rotatable bonds is 6. The molecule has 1 heterocycles. The first-order chi connectivity index (χ1) is 14.5. The Bertz CT molecular complexity index is 970. The maximum Gasteiger partial charge on any atom is 0.246 e. The fourth-order valence-electron chi connectivity index (χ4n) is 4.35. The Balaban J connectivity index is 2.17. The van der Waals surface area contributed by atoms with E-state index in [-0.39, 0.29) is 0 Å². The summed E-state index contributed by atoms with van der Waals surface area (Å²) >= 11 is 0. The van der Waals surface area contributed by atoms with Crippen LogP contribution in [0.25, 0.3) is 0 Å². The van der Waals surface area contributed by atoms with Crippen molar-refractivity contribution in [2.24, 2.45) is 0 Å². The van der Waals surface area contributed by atoms with Gasteiger partial charge in [0.05, 0.1) is 6.20 Å². The summed E-state index contributed by atoms with van der Waals surface area (Å²) in [7, 11) is -4.56. The van der Waals surface area contributed by atoms with Crippen LogP contribution in [0.5, 0.6) is 0 Å². The average Bonchev–Trinajstić information content (AvgIpc) is 2.79. The number of nitrogens with zero attached hydrogens (tertiary/aromatic N) is 3. The Kier molecular flexibility index (Phi) is 5.66. The van der Waals surface area contributed by atoms with E-state index in [0.717, 1.165) is 5.82 Å². The van der Waals surface area contributed by atoms with Crippen LogP contribution in [0.15, 0.2) is 110 Å². The SMILES string of the molecule is C[Si](C)(C)N(c1cnccn1)[Si](c1ccccc1)(c1ccccc1)c1ccccc1. The van der Waals surface area contributed by atoms with Crippen molar-refractivity contribution in [2.45, 2.75) is 19.6 Å². The van der Waals surface area contributed by atoms with Crippen molar-refractivity contribution in [2.75, 3.05) is 4.23 Å². The minimum atomic E-state index is -2.64. The molecule has 0 saturated carbocycles. The van der Waals surface area contributed by atoms with Crippen LogP contribution in [0, 0.1) is 0 Å². The maximum absolute atomic E-state index is 4.82. The molecule has 0 fully saturated rings. The lowest BCUT2D eigenvalue weighted by atomic mass is 10.3. The zero-order valence-electron chi connectivity index (χ0n) is 17.7. The standard InChI is InChI=1S/C25H27N3Si2/c1-29(2,3)28(25-21-26-19-20-27-25)30(22-13-7-4-8-14-22,23-15-9-5-10-16-23)24-17-11-6-12-18-24/h4-21H,1-3H3. The molecule has 0 spiro atoms. The number of hydrogen-bond donors (Lipinski definition) is 0. The fourth-order valence-corrected chi connectivity index (χ4v) is 14.6. The summed E-state index contributed by atoms with van der Waals surface area (Å²) in [5.74, 6) is 0.958. The second-order valence-electron chi connectivity index (χ2n) is 8.38. The van der Waals surface area contributed by atoms with Gasteiger partial charge in [-0.15, -0.1) is 0 Å². The molecule has 5 heteroatoms. The molecule has 30 heavy (non-hydrogen) atoms. The Morgan fingerprint density at radius 2 is 1.03 bits per heavy atom. The van der Waals surface area contributed by atoms with Crippen LogP contribution in [0.2, 0.25) is 19.6 Å². The van der Waals surface area contributed by atoms with Gasteiger partial charge in [-0.1, -0.05) is 111 Å². The van der Waals surface area contributed by atoms with Crippen molar-refractivity contribution in [1.29, 1.82) is 0 Å². The number of hydrogen-bond acceptors (Lipinski definition) is 3. The molecule has 1 aromatic heterocycles. The summed E-state index contributed by atoms with van der Waals surface area (Å²) in [5.41, 5.74) is 0. The number of aromatic nitrogens is 2. The van der Waals surface area contributed by atoms with E-state index in [1.165, 1.54) is 15.6 Å². The summed E-state index contributed by atoms with van der Waals surface area (Å²) in [4.78, 5) is 9.27. The highest BCUT2D eigenvalue weighted by Crippen LogP contribution is 2.26. The minimum Gasteiger partial charge on any atom is -0.398 e. The summed E-state index contributed by atoms with van der Waals surface area (Å²) in [5, 5.41) is 4.07. The van der Waals surface area contributed by atoms with Crippen LogP contribution in [-0.4, -0.2) is 26.4 Å². The highest BCUT2D eigenvalue weighted by Gasteiger charge is 2.50. The lowest BCUT2D eigenvalue weighted by molar-refractivity contribution is 1.16. The molecule has 4 rings (SSSR count). The van der Waals surface area contributed by atoms with Gasteiger partial charge in [0, 0.05) is 12.4 Å². The first-order valence-corrected chi connectivity index (χ1v) is 15.7. The third kappa shape index (κ3) is 3.62. The molecule has 0 N–H and O–H groups in total. The predicted molar refractivity (Wildman–Crippen MR) is 132 cm³/mol. The van der Waals surface area contributed by atoms with Gasteiger partial charge in [-0.3, -0.25) is 4.98 Å². The maximum atomic E-state index is 4.82. The molecule has 3 aromatic carbocycles. The second-order valence-corrected chi connectivity index (χ2v) is 17.2. The third-order valence-electron chi connectivity index (χ3n) is 5.36. The van der Waals surface area contributed by atoms with E-state index in [2.05, 4.69) is 120 Å². The summed E-state index contributed by atoms with van der Waals surface area (Å²) in [6, 6.07) is 32.9. The zero-order chi connectivity index (χ0) is 21.0. The van der Waals surface area contributed by atoms with E-state index >= 15 is 0 Å². The zero-order valence-corrected chi connectivity index (χ0v) is 19.7. The molecule has 0 amide bonds. The van der Waals surface area contributed by atoms with E-state index in [1.54, 1.807) is 6.20 Å². The Hall–Kier alpha value is -3.03. The van der Waals surface area contributed by atoms with E-state index in [0.29, 0.717) is 0 Å². The van der Waals surface area contributed by atoms with Crippen LogP contribution >= 0.6 is 0 Å². The molecule has 4 aromatic rings. The van der Waals surface area contributed by atoms with E-state index in [1.807, 2.05) is 12.4 Å². The molecule has 150 valence electrons. The van der Waals surface area contributed by atoms with Crippen LogP contribution in [0.3, 0.4) is 0 Å². The first-order valence-electron chi connectivity index (χ1n) is 10.3. The fraction of sp³-hybridized carbons (Fsp3) is 0.120. The topological polar surface area (TPSA) is 29.0 Å².